The molecule has 1 nitrogen and oxygen atoms in total. The molecular weight excluding hydrogens is 214 g/mol. The van der Waals surface area contributed by atoms with Crippen molar-refractivity contribution in [2.75, 3.05) is 0 Å². The van der Waals surface area contributed by atoms with Crippen LogP contribution in [0, 0.1) is 0 Å². The monoisotopic (exact) mass is 225 g/mol. The topological polar surface area (TPSA) is 12.4 Å². The van der Waals surface area contributed by atoms with Crippen LogP contribution in [0.4, 0.5) is 0 Å². The molecule has 1 aromatic rings. The standard InChI is InChI=1S/C10H12BrN/c1-8(2)12-7-9-5-3-4-6-10(9)11/h3-8H,1-2H3. The molecule has 0 spiro atoms. The summed E-state index contributed by atoms with van der Waals surface area (Å²) in [5.74, 6) is 0. The van der Waals surface area contributed by atoms with Crippen molar-refractivity contribution in [1.82, 2.24) is 0 Å². The fourth-order valence-corrected chi connectivity index (χ4v) is 1.20. The predicted molar refractivity (Wildman–Crippen MR) is 56.9 cm³/mol. The molecule has 0 radical (unpaired) electrons. The van der Waals surface area contributed by atoms with Gasteiger partial charge in [-0.3, -0.25) is 4.99 Å². The zero-order valence-electron chi connectivity index (χ0n) is 7.29. The molecule has 1 aromatic carbocycles. The van der Waals surface area contributed by atoms with Crippen molar-refractivity contribution >= 4 is 22.1 Å². The van der Waals surface area contributed by atoms with Gasteiger partial charge in [-0.15, -0.1) is 0 Å². The van der Waals surface area contributed by atoms with Crippen LogP contribution in [-0.4, -0.2) is 12.3 Å². The zero-order valence-corrected chi connectivity index (χ0v) is 8.88. The molecule has 64 valence electrons. The summed E-state index contributed by atoms with van der Waals surface area (Å²) in [6.07, 6.45) is 1.90. The molecule has 0 bridgehead atoms. The quantitative estimate of drug-likeness (QED) is 0.686. The van der Waals surface area contributed by atoms with Gasteiger partial charge in [-0.2, -0.15) is 0 Å². The number of hydrogen-bond acceptors (Lipinski definition) is 1. The van der Waals surface area contributed by atoms with Crippen molar-refractivity contribution in [3.05, 3.63) is 34.3 Å². The number of aliphatic imine (C=N–C) groups is 1. The van der Waals surface area contributed by atoms with Crippen molar-refractivity contribution in [2.24, 2.45) is 4.99 Å². The first-order chi connectivity index (χ1) is 5.70. The van der Waals surface area contributed by atoms with E-state index in [2.05, 4.69) is 34.8 Å². The van der Waals surface area contributed by atoms with Gasteiger partial charge in [0.2, 0.25) is 0 Å². The Kier molecular flexibility index (Phi) is 3.48. The van der Waals surface area contributed by atoms with E-state index in [0.29, 0.717) is 6.04 Å². The smallest absolute Gasteiger partial charge is 0.0443 e. The van der Waals surface area contributed by atoms with Gasteiger partial charge in [0.05, 0.1) is 0 Å². The highest BCUT2D eigenvalue weighted by Crippen LogP contribution is 2.13. The Hall–Kier alpha value is -0.630. The zero-order chi connectivity index (χ0) is 8.97. The van der Waals surface area contributed by atoms with Crippen LogP contribution in [-0.2, 0) is 0 Å². The van der Waals surface area contributed by atoms with Gasteiger partial charge < -0.3 is 0 Å². The molecule has 0 heterocycles. The van der Waals surface area contributed by atoms with Gasteiger partial charge in [-0.05, 0) is 19.9 Å². The molecule has 0 fully saturated rings. The van der Waals surface area contributed by atoms with Crippen LogP contribution >= 0.6 is 15.9 Å². The Morgan fingerprint density at radius 2 is 2.00 bits per heavy atom. The van der Waals surface area contributed by atoms with E-state index in [-0.39, 0.29) is 0 Å². The number of rotatable bonds is 2. The van der Waals surface area contributed by atoms with Gasteiger partial charge in [-0.25, -0.2) is 0 Å². The van der Waals surface area contributed by atoms with E-state index < -0.39 is 0 Å². The van der Waals surface area contributed by atoms with Gasteiger partial charge in [0.15, 0.2) is 0 Å². The Morgan fingerprint density at radius 3 is 2.58 bits per heavy atom. The Balaban J connectivity index is 2.82. The third-order valence-electron chi connectivity index (χ3n) is 1.42. The normalized spacial score (nSPS) is 11.3. The minimum atomic E-state index is 0.358. The molecule has 0 aliphatic rings. The van der Waals surface area contributed by atoms with Crippen LogP contribution in [0.15, 0.2) is 33.7 Å². The van der Waals surface area contributed by atoms with Crippen molar-refractivity contribution in [2.45, 2.75) is 19.9 Å². The molecular formula is C10H12BrN. The summed E-state index contributed by atoms with van der Waals surface area (Å²) in [4.78, 5) is 4.30. The molecule has 12 heavy (non-hydrogen) atoms. The highest BCUT2D eigenvalue weighted by Gasteiger charge is 1.93. The van der Waals surface area contributed by atoms with Crippen molar-refractivity contribution in [1.29, 1.82) is 0 Å². The maximum absolute atomic E-state index is 4.30. The molecule has 0 aliphatic heterocycles. The third-order valence-corrected chi connectivity index (χ3v) is 2.14. The number of halogens is 1. The lowest BCUT2D eigenvalue weighted by molar-refractivity contribution is 0.841. The largest absolute Gasteiger partial charge is 0.290 e. The van der Waals surface area contributed by atoms with E-state index in [1.54, 1.807) is 0 Å². The average Bonchev–Trinajstić information content (AvgIpc) is 2.03. The molecule has 2 heteroatoms. The van der Waals surface area contributed by atoms with E-state index in [1.165, 1.54) is 0 Å². The van der Waals surface area contributed by atoms with Crippen LogP contribution < -0.4 is 0 Å². The van der Waals surface area contributed by atoms with E-state index in [1.807, 2.05) is 30.5 Å². The second-order valence-corrected chi connectivity index (χ2v) is 3.75. The molecule has 0 N–H and O–H groups in total. The number of nitrogens with zero attached hydrogens (tertiary/aromatic N) is 1. The lowest BCUT2D eigenvalue weighted by Gasteiger charge is -1.97. The van der Waals surface area contributed by atoms with Gasteiger partial charge in [-0.1, -0.05) is 34.1 Å². The first-order valence-electron chi connectivity index (χ1n) is 3.98. The first-order valence-corrected chi connectivity index (χ1v) is 4.77. The second kappa shape index (κ2) is 4.41. The summed E-state index contributed by atoms with van der Waals surface area (Å²) in [6, 6.07) is 8.41. The molecule has 0 saturated carbocycles. The lowest BCUT2D eigenvalue weighted by Crippen LogP contribution is -1.90. The van der Waals surface area contributed by atoms with Crippen molar-refractivity contribution in [3.63, 3.8) is 0 Å². The Morgan fingerprint density at radius 1 is 1.33 bits per heavy atom. The number of hydrogen-bond donors (Lipinski definition) is 0. The predicted octanol–water partition coefficient (Wildman–Crippen LogP) is 3.28. The maximum atomic E-state index is 4.30. The second-order valence-electron chi connectivity index (χ2n) is 2.89. The third kappa shape index (κ3) is 2.78. The summed E-state index contributed by atoms with van der Waals surface area (Å²) in [7, 11) is 0. The van der Waals surface area contributed by atoms with Gasteiger partial charge in [0.1, 0.15) is 0 Å². The first kappa shape index (κ1) is 9.46. The van der Waals surface area contributed by atoms with Crippen molar-refractivity contribution in [3.8, 4) is 0 Å². The van der Waals surface area contributed by atoms with Crippen LogP contribution in [0.1, 0.15) is 19.4 Å². The molecule has 0 aliphatic carbocycles. The summed E-state index contributed by atoms with van der Waals surface area (Å²) in [5.41, 5.74) is 1.13. The van der Waals surface area contributed by atoms with Crippen LogP contribution in [0.5, 0.6) is 0 Å². The minimum absolute atomic E-state index is 0.358. The molecule has 0 saturated heterocycles. The van der Waals surface area contributed by atoms with Crippen LogP contribution in [0.2, 0.25) is 0 Å². The average molecular weight is 226 g/mol. The molecule has 0 unspecified atom stereocenters. The van der Waals surface area contributed by atoms with E-state index >= 15 is 0 Å². The molecule has 0 atom stereocenters. The fraction of sp³-hybridized carbons (Fsp3) is 0.300. The molecule has 0 amide bonds. The fourth-order valence-electron chi connectivity index (χ4n) is 0.809. The van der Waals surface area contributed by atoms with Gasteiger partial charge in [0, 0.05) is 22.3 Å². The lowest BCUT2D eigenvalue weighted by atomic mass is 10.2. The minimum Gasteiger partial charge on any atom is -0.290 e. The van der Waals surface area contributed by atoms with E-state index in [9.17, 15) is 0 Å². The summed E-state index contributed by atoms with van der Waals surface area (Å²) < 4.78 is 1.09. The summed E-state index contributed by atoms with van der Waals surface area (Å²) in [5, 5.41) is 0. The SMILES string of the molecule is CC(C)N=Cc1ccccc1Br. The van der Waals surface area contributed by atoms with Gasteiger partial charge >= 0.3 is 0 Å². The summed E-state index contributed by atoms with van der Waals surface area (Å²) >= 11 is 3.46. The van der Waals surface area contributed by atoms with Gasteiger partial charge in [0.25, 0.3) is 0 Å². The highest BCUT2D eigenvalue weighted by atomic mass is 79.9. The molecule has 1 rings (SSSR count). The highest BCUT2D eigenvalue weighted by molar-refractivity contribution is 9.10. The Bertz CT molecular complexity index is 279. The number of benzene rings is 1. The van der Waals surface area contributed by atoms with E-state index in [0.717, 1.165) is 10.0 Å². The van der Waals surface area contributed by atoms with Crippen LogP contribution in [0.3, 0.4) is 0 Å². The Labute approximate surface area is 81.7 Å². The maximum Gasteiger partial charge on any atom is 0.0443 e. The summed E-state index contributed by atoms with van der Waals surface area (Å²) in [6.45, 7) is 4.13. The van der Waals surface area contributed by atoms with Crippen molar-refractivity contribution < 1.29 is 0 Å². The molecule has 0 aromatic heterocycles. The van der Waals surface area contributed by atoms with E-state index in [4.69, 9.17) is 0 Å². The van der Waals surface area contributed by atoms with Crippen LogP contribution in [0.25, 0.3) is 0 Å².